The minimum atomic E-state index is -0.311. The molecule has 86 valence electrons. The maximum Gasteiger partial charge on any atom is 0.223 e. The topological polar surface area (TPSA) is 56.1 Å². The molecule has 1 N–H and O–H groups in total. The summed E-state index contributed by atoms with van der Waals surface area (Å²) >= 11 is 0. The van der Waals surface area contributed by atoms with Gasteiger partial charge in [0.15, 0.2) is 0 Å². The molecule has 1 atom stereocenters. The van der Waals surface area contributed by atoms with Gasteiger partial charge in [-0.05, 0) is 12.8 Å². The van der Waals surface area contributed by atoms with Crippen molar-refractivity contribution < 1.29 is 4.79 Å². The SMILES string of the molecule is C#CCCCCC(=O)N1CCNCC1C#N. The Morgan fingerprint density at radius 1 is 1.56 bits per heavy atom. The fourth-order valence-electron chi connectivity index (χ4n) is 1.77. The zero-order valence-electron chi connectivity index (χ0n) is 9.41. The second-order valence-corrected chi connectivity index (χ2v) is 3.85. The van der Waals surface area contributed by atoms with E-state index < -0.39 is 0 Å². The molecule has 0 bridgehead atoms. The maximum absolute atomic E-state index is 11.8. The summed E-state index contributed by atoms with van der Waals surface area (Å²) in [6.45, 7) is 1.98. The third kappa shape index (κ3) is 3.56. The number of carbonyl (C=O) groups is 1. The summed E-state index contributed by atoms with van der Waals surface area (Å²) in [5.74, 6) is 2.63. The van der Waals surface area contributed by atoms with Crippen LogP contribution in [0.15, 0.2) is 0 Å². The van der Waals surface area contributed by atoms with Crippen molar-refractivity contribution in [1.29, 1.82) is 5.26 Å². The number of nitriles is 1. The Hall–Kier alpha value is -1.52. The molecule has 0 aromatic rings. The maximum atomic E-state index is 11.8. The zero-order valence-corrected chi connectivity index (χ0v) is 9.41. The lowest BCUT2D eigenvalue weighted by Crippen LogP contribution is -2.52. The van der Waals surface area contributed by atoms with Crippen LogP contribution in [-0.2, 0) is 4.79 Å². The first kappa shape index (κ1) is 12.5. The van der Waals surface area contributed by atoms with E-state index in [9.17, 15) is 4.79 Å². The number of amides is 1. The van der Waals surface area contributed by atoms with Crippen molar-refractivity contribution in [3.8, 4) is 18.4 Å². The number of carbonyl (C=O) groups excluding carboxylic acids is 1. The van der Waals surface area contributed by atoms with E-state index >= 15 is 0 Å². The average molecular weight is 219 g/mol. The van der Waals surface area contributed by atoms with Gasteiger partial charge in [-0.25, -0.2) is 0 Å². The summed E-state index contributed by atoms with van der Waals surface area (Å²) in [5, 5.41) is 12.0. The standard InChI is InChI=1S/C12H17N3O/c1-2-3-4-5-6-12(16)15-8-7-14-10-11(15)9-13/h1,11,14H,3-8,10H2. The third-order valence-electron chi connectivity index (χ3n) is 2.67. The van der Waals surface area contributed by atoms with Crippen LogP contribution in [0.4, 0.5) is 0 Å². The molecule has 16 heavy (non-hydrogen) atoms. The number of rotatable bonds is 4. The monoisotopic (exact) mass is 219 g/mol. The minimum Gasteiger partial charge on any atom is -0.324 e. The molecule has 0 aliphatic carbocycles. The quantitative estimate of drug-likeness (QED) is 0.553. The van der Waals surface area contributed by atoms with Crippen molar-refractivity contribution in [2.75, 3.05) is 19.6 Å². The second kappa shape index (κ2) is 6.87. The van der Waals surface area contributed by atoms with Gasteiger partial charge in [-0.2, -0.15) is 5.26 Å². The summed E-state index contributed by atoms with van der Waals surface area (Å²) in [6, 6.07) is 1.84. The Kier molecular flexibility index (Phi) is 5.39. The van der Waals surface area contributed by atoms with E-state index in [0.717, 1.165) is 25.8 Å². The molecule has 0 spiro atoms. The van der Waals surface area contributed by atoms with Crippen LogP contribution in [0.1, 0.15) is 25.7 Å². The molecule has 4 nitrogen and oxygen atoms in total. The number of piperazine rings is 1. The number of nitrogens with one attached hydrogen (secondary N) is 1. The lowest BCUT2D eigenvalue weighted by atomic mass is 10.1. The summed E-state index contributed by atoms with van der Waals surface area (Å²) in [5.41, 5.74) is 0. The van der Waals surface area contributed by atoms with E-state index in [-0.39, 0.29) is 11.9 Å². The van der Waals surface area contributed by atoms with Crippen LogP contribution in [0.5, 0.6) is 0 Å². The summed E-state index contributed by atoms with van der Waals surface area (Å²) in [7, 11) is 0. The van der Waals surface area contributed by atoms with Gasteiger partial charge in [-0.3, -0.25) is 4.79 Å². The number of hydrogen-bond acceptors (Lipinski definition) is 3. The molecule has 1 fully saturated rings. The predicted molar refractivity (Wildman–Crippen MR) is 61.3 cm³/mol. The Bertz CT molecular complexity index is 313. The fourth-order valence-corrected chi connectivity index (χ4v) is 1.77. The van der Waals surface area contributed by atoms with Crippen LogP contribution < -0.4 is 5.32 Å². The molecule has 1 saturated heterocycles. The lowest BCUT2D eigenvalue weighted by molar-refractivity contribution is -0.133. The zero-order chi connectivity index (χ0) is 11.8. The molecule has 1 aliphatic rings. The van der Waals surface area contributed by atoms with E-state index in [2.05, 4.69) is 17.3 Å². The average Bonchev–Trinajstić information content (AvgIpc) is 2.34. The van der Waals surface area contributed by atoms with Crippen LogP contribution in [-0.4, -0.2) is 36.5 Å². The summed E-state index contributed by atoms with van der Waals surface area (Å²) in [6.07, 6.45) is 8.04. The molecule has 1 rings (SSSR count). The first-order valence-electron chi connectivity index (χ1n) is 5.63. The van der Waals surface area contributed by atoms with Gasteiger partial charge in [-0.1, -0.05) is 0 Å². The fraction of sp³-hybridized carbons (Fsp3) is 0.667. The van der Waals surface area contributed by atoms with Crippen LogP contribution in [0.3, 0.4) is 0 Å². The van der Waals surface area contributed by atoms with E-state index in [4.69, 9.17) is 11.7 Å². The van der Waals surface area contributed by atoms with Crippen molar-refractivity contribution in [2.24, 2.45) is 0 Å². The van der Waals surface area contributed by atoms with Gasteiger partial charge in [0, 0.05) is 32.5 Å². The van der Waals surface area contributed by atoms with Gasteiger partial charge in [0.25, 0.3) is 0 Å². The number of unbranched alkanes of at least 4 members (excludes halogenated alkanes) is 2. The Morgan fingerprint density at radius 3 is 3.06 bits per heavy atom. The highest BCUT2D eigenvalue weighted by Gasteiger charge is 2.25. The normalized spacial score (nSPS) is 19.9. The van der Waals surface area contributed by atoms with Gasteiger partial charge in [0.1, 0.15) is 6.04 Å². The molecular weight excluding hydrogens is 202 g/mol. The van der Waals surface area contributed by atoms with Gasteiger partial charge < -0.3 is 10.2 Å². The van der Waals surface area contributed by atoms with E-state index in [0.29, 0.717) is 19.5 Å². The van der Waals surface area contributed by atoms with Crippen molar-refractivity contribution in [3.05, 3.63) is 0 Å². The van der Waals surface area contributed by atoms with E-state index in [1.54, 1.807) is 4.90 Å². The van der Waals surface area contributed by atoms with Crippen molar-refractivity contribution >= 4 is 5.91 Å². The number of hydrogen-bond donors (Lipinski definition) is 1. The molecule has 0 aromatic carbocycles. The van der Waals surface area contributed by atoms with Crippen LogP contribution >= 0.6 is 0 Å². The molecule has 1 heterocycles. The molecule has 0 aromatic heterocycles. The molecule has 1 amide bonds. The Labute approximate surface area is 96.6 Å². The molecule has 1 aliphatic heterocycles. The van der Waals surface area contributed by atoms with Crippen molar-refractivity contribution in [2.45, 2.75) is 31.7 Å². The highest BCUT2D eigenvalue weighted by molar-refractivity contribution is 5.77. The van der Waals surface area contributed by atoms with Crippen LogP contribution in [0.2, 0.25) is 0 Å². The largest absolute Gasteiger partial charge is 0.324 e. The highest BCUT2D eigenvalue weighted by atomic mass is 16.2. The second-order valence-electron chi connectivity index (χ2n) is 3.85. The molecule has 0 radical (unpaired) electrons. The van der Waals surface area contributed by atoms with Gasteiger partial charge in [0.05, 0.1) is 6.07 Å². The first-order valence-corrected chi connectivity index (χ1v) is 5.63. The number of terminal acetylenes is 1. The third-order valence-corrected chi connectivity index (χ3v) is 2.67. The van der Waals surface area contributed by atoms with Gasteiger partial charge in [0.2, 0.25) is 5.91 Å². The Balaban J connectivity index is 2.34. The van der Waals surface area contributed by atoms with E-state index in [1.165, 1.54) is 0 Å². The smallest absolute Gasteiger partial charge is 0.223 e. The molecule has 0 saturated carbocycles. The highest BCUT2D eigenvalue weighted by Crippen LogP contribution is 2.08. The summed E-state index contributed by atoms with van der Waals surface area (Å²) in [4.78, 5) is 13.5. The molecular formula is C12H17N3O. The van der Waals surface area contributed by atoms with Crippen molar-refractivity contribution in [3.63, 3.8) is 0 Å². The molecule has 4 heteroatoms. The minimum absolute atomic E-state index is 0.0741. The lowest BCUT2D eigenvalue weighted by Gasteiger charge is -2.32. The van der Waals surface area contributed by atoms with Crippen LogP contribution in [0.25, 0.3) is 0 Å². The summed E-state index contributed by atoms with van der Waals surface area (Å²) < 4.78 is 0. The van der Waals surface area contributed by atoms with Gasteiger partial charge >= 0.3 is 0 Å². The van der Waals surface area contributed by atoms with Gasteiger partial charge in [-0.15, -0.1) is 12.3 Å². The number of nitrogens with zero attached hydrogens (tertiary/aromatic N) is 2. The Morgan fingerprint density at radius 2 is 2.38 bits per heavy atom. The predicted octanol–water partition coefficient (Wildman–Crippen LogP) is 0.504. The van der Waals surface area contributed by atoms with Crippen LogP contribution in [0, 0.1) is 23.7 Å². The first-order chi connectivity index (χ1) is 7.79. The molecule has 1 unspecified atom stereocenters. The van der Waals surface area contributed by atoms with Crippen molar-refractivity contribution in [1.82, 2.24) is 10.2 Å². The van der Waals surface area contributed by atoms with E-state index in [1.807, 2.05) is 0 Å².